The first-order valence-corrected chi connectivity index (χ1v) is 7.19. The van der Waals surface area contributed by atoms with Crippen LogP contribution in [0, 0.1) is 5.41 Å². The van der Waals surface area contributed by atoms with Crippen LogP contribution in [0.3, 0.4) is 0 Å². The number of hydrogen-bond acceptors (Lipinski definition) is 4. The van der Waals surface area contributed by atoms with Crippen molar-refractivity contribution in [3.8, 4) is 0 Å². The van der Waals surface area contributed by atoms with Gasteiger partial charge in [0.2, 0.25) is 5.91 Å². The van der Waals surface area contributed by atoms with Crippen molar-refractivity contribution in [2.45, 2.75) is 27.3 Å². The van der Waals surface area contributed by atoms with Crippen molar-refractivity contribution >= 4 is 11.8 Å². The lowest BCUT2D eigenvalue weighted by Gasteiger charge is -2.37. The summed E-state index contributed by atoms with van der Waals surface area (Å²) in [4.78, 5) is 28.1. The maximum Gasteiger partial charge on any atom is 0.257 e. The average Bonchev–Trinajstić information content (AvgIpc) is 2.94. The Hall–Kier alpha value is -1.82. The third-order valence-corrected chi connectivity index (χ3v) is 3.60. The van der Waals surface area contributed by atoms with Crippen molar-refractivity contribution < 1.29 is 14.0 Å². The fraction of sp³-hybridized carbons (Fsp3) is 0.600. The van der Waals surface area contributed by atoms with Gasteiger partial charge in [-0.1, -0.05) is 20.8 Å². The molecule has 0 radical (unpaired) electrons. The molecule has 6 nitrogen and oxygen atoms in total. The Morgan fingerprint density at radius 3 is 2.24 bits per heavy atom. The van der Waals surface area contributed by atoms with E-state index < -0.39 is 0 Å². The molecule has 1 saturated heterocycles. The molecule has 0 unspecified atom stereocenters. The number of rotatable bonds is 2. The van der Waals surface area contributed by atoms with Gasteiger partial charge in [0.15, 0.2) is 0 Å². The molecule has 0 atom stereocenters. The summed E-state index contributed by atoms with van der Waals surface area (Å²) in [5, 5.41) is 0. The Labute approximate surface area is 124 Å². The summed E-state index contributed by atoms with van der Waals surface area (Å²) < 4.78 is 5.19. The molecule has 2 N–H and O–H groups in total. The van der Waals surface area contributed by atoms with E-state index in [9.17, 15) is 9.59 Å². The predicted octanol–water partition coefficient (Wildman–Crippen LogP) is 1.07. The molecule has 2 rings (SSSR count). The van der Waals surface area contributed by atoms with Crippen molar-refractivity contribution in [3.63, 3.8) is 0 Å². The molecule has 1 fully saturated rings. The van der Waals surface area contributed by atoms with Crippen molar-refractivity contribution in [1.29, 1.82) is 0 Å². The zero-order valence-electron chi connectivity index (χ0n) is 12.9. The molecule has 1 aliphatic heterocycles. The van der Waals surface area contributed by atoms with Gasteiger partial charge >= 0.3 is 0 Å². The van der Waals surface area contributed by atoms with Crippen molar-refractivity contribution in [3.05, 3.63) is 23.7 Å². The van der Waals surface area contributed by atoms with E-state index in [0.29, 0.717) is 37.5 Å². The highest BCUT2D eigenvalue weighted by atomic mass is 16.3. The Bertz CT molecular complexity index is 523. The molecule has 0 aromatic carbocycles. The van der Waals surface area contributed by atoms with E-state index in [1.807, 2.05) is 25.7 Å². The lowest BCUT2D eigenvalue weighted by molar-refractivity contribution is -0.140. The van der Waals surface area contributed by atoms with Crippen molar-refractivity contribution in [2.24, 2.45) is 11.1 Å². The second-order valence-corrected chi connectivity index (χ2v) is 6.34. The number of piperazine rings is 1. The molecule has 116 valence electrons. The van der Waals surface area contributed by atoms with Gasteiger partial charge in [-0.2, -0.15) is 0 Å². The van der Waals surface area contributed by atoms with Crippen LogP contribution in [0.2, 0.25) is 0 Å². The lowest BCUT2D eigenvalue weighted by Crippen LogP contribution is -2.53. The van der Waals surface area contributed by atoms with Crippen LogP contribution in [0.25, 0.3) is 0 Å². The van der Waals surface area contributed by atoms with Crippen LogP contribution in [0.1, 0.15) is 36.9 Å². The minimum Gasteiger partial charge on any atom is -0.467 e. The standard InChI is InChI=1S/C15H23N3O3/c1-15(2,3)14(20)18-6-4-17(5-7-18)13(19)11-8-12(9-16)21-10-11/h8,10H,4-7,9,16H2,1-3H3. The summed E-state index contributed by atoms with van der Waals surface area (Å²) in [6.07, 6.45) is 1.44. The van der Waals surface area contributed by atoms with Crippen LogP contribution in [0.4, 0.5) is 0 Å². The van der Waals surface area contributed by atoms with E-state index >= 15 is 0 Å². The second kappa shape index (κ2) is 5.89. The van der Waals surface area contributed by atoms with Gasteiger partial charge in [0, 0.05) is 31.6 Å². The Morgan fingerprint density at radius 2 is 1.76 bits per heavy atom. The van der Waals surface area contributed by atoms with E-state index in [-0.39, 0.29) is 23.8 Å². The summed E-state index contributed by atoms with van der Waals surface area (Å²) in [5.74, 6) is 0.657. The minimum absolute atomic E-state index is 0.0682. The molecule has 0 bridgehead atoms. The van der Waals surface area contributed by atoms with E-state index in [1.165, 1.54) is 6.26 Å². The molecule has 0 saturated carbocycles. The third kappa shape index (κ3) is 3.44. The molecule has 1 aromatic heterocycles. The topological polar surface area (TPSA) is 79.8 Å². The number of nitrogens with two attached hydrogens (primary N) is 1. The fourth-order valence-corrected chi connectivity index (χ4v) is 2.37. The molecule has 6 heteroatoms. The Kier molecular flexibility index (Phi) is 4.37. The molecule has 1 aliphatic rings. The smallest absolute Gasteiger partial charge is 0.257 e. The monoisotopic (exact) mass is 293 g/mol. The van der Waals surface area contributed by atoms with Crippen molar-refractivity contribution in [1.82, 2.24) is 9.80 Å². The van der Waals surface area contributed by atoms with Gasteiger partial charge in [-0.05, 0) is 6.07 Å². The number of amides is 2. The first-order chi connectivity index (χ1) is 9.82. The third-order valence-electron chi connectivity index (χ3n) is 3.60. The SMILES string of the molecule is CC(C)(C)C(=O)N1CCN(C(=O)c2coc(CN)c2)CC1. The number of nitrogens with zero attached hydrogens (tertiary/aromatic N) is 2. The van der Waals surface area contributed by atoms with Crippen LogP contribution in [0.5, 0.6) is 0 Å². The van der Waals surface area contributed by atoms with Crippen LogP contribution in [-0.2, 0) is 11.3 Å². The van der Waals surface area contributed by atoms with E-state index in [2.05, 4.69) is 0 Å². The molecular formula is C15H23N3O3. The number of hydrogen-bond donors (Lipinski definition) is 1. The predicted molar refractivity (Wildman–Crippen MR) is 78.5 cm³/mol. The molecular weight excluding hydrogens is 270 g/mol. The summed E-state index contributed by atoms with van der Waals surface area (Å²) in [7, 11) is 0. The number of carbonyl (C=O) groups is 2. The summed E-state index contributed by atoms with van der Waals surface area (Å²) in [6.45, 7) is 8.24. The van der Waals surface area contributed by atoms with Gasteiger partial charge in [-0.25, -0.2) is 0 Å². The zero-order chi connectivity index (χ0) is 15.6. The largest absolute Gasteiger partial charge is 0.467 e. The Balaban J connectivity index is 1.95. The van der Waals surface area contributed by atoms with Crippen LogP contribution >= 0.6 is 0 Å². The van der Waals surface area contributed by atoms with Gasteiger partial charge in [-0.3, -0.25) is 9.59 Å². The maximum absolute atomic E-state index is 12.3. The first-order valence-electron chi connectivity index (χ1n) is 7.19. The van der Waals surface area contributed by atoms with Crippen molar-refractivity contribution in [2.75, 3.05) is 26.2 Å². The minimum atomic E-state index is -0.382. The van der Waals surface area contributed by atoms with Gasteiger partial charge in [-0.15, -0.1) is 0 Å². The van der Waals surface area contributed by atoms with Gasteiger partial charge in [0.1, 0.15) is 12.0 Å². The highest BCUT2D eigenvalue weighted by molar-refractivity contribution is 5.94. The highest BCUT2D eigenvalue weighted by Crippen LogP contribution is 2.19. The first kappa shape index (κ1) is 15.6. The Morgan fingerprint density at radius 1 is 1.19 bits per heavy atom. The van der Waals surface area contributed by atoms with E-state index in [1.54, 1.807) is 11.0 Å². The van der Waals surface area contributed by atoms with Gasteiger partial charge in [0.05, 0.1) is 12.1 Å². The van der Waals surface area contributed by atoms with Crippen LogP contribution in [-0.4, -0.2) is 47.8 Å². The van der Waals surface area contributed by atoms with Crippen LogP contribution < -0.4 is 5.73 Å². The summed E-state index contributed by atoms with van der Waals surface area (Å²) >= 11 is 0. The summed E-state index contributed by atoms with van der Waals surface area (Å²) in [6, 6.07) is 1.68. The zero-order valence-corrected chi connectivity index (χ0v) is 12.9. The second-order valence-electron chi connectivity index (χ2n) is 6.34. The van der Waals surface area contributed by atoms with Gasteiger partial charge < -0.3 is 20.0 Å². The quantitative estimate of drug-likeness (QED) is 0.884. The molecule has 21 heavy (non-hydrogen) atoms. The highest BCUT2D eigenvalue weighted by Gasteiger charge is 2.31. The molecule has 2 heterocycles. The van der Waals surface area contributed by atoms with Crippen LogP contribution in [0.15, 0.2) is 16.7 Å². The normalized spacial score (nSPS) is 16.2. The molecule has 2 amide bonds. The molecule has 0 spiro atoms. The number of carbonyl (C=O) groups excluding carboxylic acids is 2. The average molecular weight is 293 g/mol. The van der Waals surface area contributed by atoms with E-state index in [4.69, 9.17) is 10.2 Å². The fourth-order valence-electron chi connectivity index (χ4n) is 2.37. The summed E-state index contributed by atoms with van der Waals surface area (Å²) in [5.41, 5.74) is 5.61. The lowest BCUT2D eigenvalue weighted by atomic mass is 9.94. The molecule has 1 aromatic rings. The van der Waals surface area contributed by atoms with Gasteiger partial charge in [0.25, 0.3) is 5.91 Å². The molecule has 0 aliphatic carbocycles. The maximum atomic E-state index is 12.3. The number of furan rings is 1. The van der Waals surface area contributed by atoms with E-state index in [0.717, 1.165) is 0 Å².